The fraction of sp³-hybridized carbons (Fsp3) is 0.300. The van der Waals surface area contributed by atoms with Crippen molar-refractivity contribution >= 4 is 43.1 Å². The maximum atomic E-state index is 12.4. The second-order valence-electron chi connectivity index (χ2n) is 4.07. The van der Waals surface area contributed by atoms with Crippen LogP contribution in [0.25, 0.3) is 0 Å². The lowest BCUT2D eigenvalue weighted by molar-refractivity contribution is 0.467. The molecule has 104 valence electrons. The molecule has 0 saturated carbocycles. The van der Waals surface area contributed by atoms with Crippen molar-refractivity contribution in [3.63, 3.8) is 0 Å². The highest BCUT2D eigenvalue weighted by molar-refractivity contribution is 9.11. The predicted molar refractivity (Wildman–Crippen MR) is 78.3 cm³/mol. The Kier molecular flexibility index (Phi) is 4.00. The number of hydrogen-bond donors (Lipinski definition) is 1. The lowest BCUT2D eigenvalue weighted by atomic mass is 10.3. The molecule has 9 heteroatoms. The summed E-state index contributed by atoms with van der Waals surface area (Å²) in [5.74, 6) is 0.0147. The summed E-state index contributed by atoms with van der Waals surface area (Å²) in [7, 11) is -0.472. The Bertz CT molecular complexity index is 692. The van der Waals surface area contributed by atoms with E-state index in [1.807, 2.05) is 11.4 Å². The molecule has 0 spiro atoms. The molecule has 0 fully saturated rings. The minimum atomic E-state index is -3.62. The van der Waals surface area contributed by atoms with E-state index in [9.17, 15) is 8.42 Å². The summed E-state index contributed by atoms with van der Waals surface area (Å²) in [6.07, 6.45) is 1.41. The van der Waals surface area contributed by atoms with Crippen LogP contribution in [0.1, 0.15) is 5.56 Å². The van der Waals surface area contributed by atoms with E-state index < -0.39 is 10.0 Å². The topological polar surface area (TPSA) is 81.2 Å². The Balaban J connectivity index is 2.27. The molecule has 0 saturated heterocycles. The molecular weight excluding hydrogens is 352 g/mol. The maximum absolute atomic E-state index is 12.4. The average molecular weight is 365 g/mol. The van der Waals surface area contributed by atoms with Gasteiger partial charge in [-0.3, -0.25) is 4.68 Å². The van der Waals surface area contributed by atoms with Gasteiger partial charge in [-0.25, -0.2) is 8.42 Å². The van der Waals surface area contributed by atoms with Crippen LogP contribution in [0.15, 0.2) is 26.3 Å². The standard InChI is InChI=1S/C10H13BrN4O2S2/c1-14-5-8(10(12)13-14)19(16,17)15(2)4-7-3-9(11)18-6-7/h3,5-6H,4H2,1-2H3,(H2,12,13). The third-order valence-corrected chi connectivity index (χ3v) is 5.91. The Hall–Kier alpha value is -0.900. The van der Waals surface area contributed by atoms with Gasteiger partial charge in [0.15, 0.2) is 5.82 Å². The molecule has 0 atom stereocenters. The molecule has 0 unspecified atom stereocenters. The van der Waals surface area contributed by atoms with Crippen LogP contribution in [0.2, 0.25) is 0 Å². The predicted octanol–water partition coefficient (Wildman–Crippen LogP) is 1.65. The number of rotatable bonds is 4. The van der Waals surface area contributed by atoms with Gasteiger partial charge < -0.3 is 5.73 Å². The van der Waals surface area contributed by atoms with Gasteiger partial charge in [0.25, 0.3) is 0 Å². The summed E-state index contributed by atoms with van der Waals surface area (Å²) in [5.41, 5.74) is 6.54. The lowest BCUT2D eigenvalue weighted by Crippen LogP contribution is -2.26. The van der Waals surface area contributed by atoms with E-state index in [4.69, 9.17) is 5.73 Å². The van der Waals surface area contributed by atoms with Crippen molar-refractivity contribution in [1.29, 1.82) is 0 Å². The number of sulfonamides is 1. The van der Waals surface area contributed by atoms with Crippen molar-refractivity contribution in [2.45, 2.75) is 11.4 Å². The van der Waals surface area contributed by atoms with Crippen LogP contribution in [0.5, 0.6) is 0 Å². The maximum Gasteiger partial charge on any atom is 0.248 e. The fourth-order valence-corrected chi connectivity index (χ4v) is 4.07. The SMILES string of the molecule is CN(Cc1csc(Br)c1)S(=O)(=O)c1cn(C)nc1N. The quantitative estimate of drug-likeness (QED) is 0.893. The van der Waals surface area contributed by atoms with Crippen LogP contribution < -0.4 is 5.73 Å². The number of nitrogens with zero attached hydrogens (tertiary/aromatic N) is 3. The van der Waals surface area contributed by atoms with Gasteiger partial charge in [-0.15, -0.1) is 11.3 Å². The van der Waals surface area contributed by atoms with Gasteiger partial charge in [0.2, 0.25) is 10.0 Å². The van der Waals surface area contributed by atoms with E-state index in [0.29, 0.717) is 6.54 Å². The molecule has 0 aliphatic rings. The van der Waals surface area contributed by atoms with E-state index in [2.05, 4.69) is 21.0 Å². The Morgan fingerprint density at radius 2 is 2.26 bits per heavy atom. The molecular formula is C10H13BrN4O2S2. The van der Waals surface area contributed by atoms with E-state index in [1.165, 1.54) is 33.6 Å². The van der Waals surface area contributed by atoms with Crippen LogP contribution in [0.3, 0.4) is 0 Å². The van der Waals surface area contributed by atoms with Gasteiger partial charge in [-0.1, -0.05) is 0 Å². The van der Waals surface area contributed by atoms with E-state index in [0.717, 1.165) is 9.35 Å². The summed E-state index contributed by atoms with van der Waals surface area (Å²) in [4.78, 5) is 0.0341. The summed E-state index contributed by atoms with van der Waals surface area (Å²) in [6, 6.07) is 1.89. The monoisotopic (exact) mass is 364 g/mol. The Morgan fingerprint density at radius 1 is 1.58 bits per heavy atom. The minimum absolute atomic E-state index is 0.0147. The number of nitrogens with two attached hydrogens (primary N) is 1. The zero-order valence-electron chi connectivity index (χ0n) is 10.4. The molecule has 2 rings (SSSR count). The summed E-state index contributed by atoms with van der Waals surface area (Å²) in [5, 5.41) is 5.76. The molecule has 2 aromatic heterocycles. The molecule has 0 aliphatic heterocycles. The number of thiophene rings is 1. The highest BCUT2D eigenvalue weighted by Gasteiger charge is 2.26. The van der Waals surface area contributed by atoms with E-state index >= 15 is 0 Å². The van der Waals surface area contributed by atoms with Crippen LogP contribution in [0, 0.1) is 0 Å². The third-order valence-electron chi connectivity index (χ3n) is 2.54. The number of aryl methyl sites for hydroxylation is 1. The van der Waals surface area contributed by atoms with E-state index in [-0.39, 0.29) is 10.7 Å². The average Bonchev–Trinajstić information content (AvgIpc) is 2.85. The first-order chi connectivity index (χ1) is 8.80. The zero-order chi connectivity index (χ0) is 14.2. The highest BCUT2D eigenvalue weighted by Crippen LogP contribution is 2.25. The van der Waals surface area contributed by atoms with Crippen molar-refractivity contribution in [1.82, 2.24) is 14.1 Å². The van der Waals surface area contributed by atoms with Crippen LogP contribution >= 0.6 is 27.3 Å². The van der Waals surface area contributed by atoms with Crippen LogP contribution in [0.4, 0.5) is 5.82 Å². The normalized spacial score (nSPS) is 12.2. The second-order valence-corrected chi connectivity index (χ2v) is 8.38. The van der Waals surface area contributed by atoms with Crippen molar-refractivity contribution in [2.75, 3.05) is 12.8 Å². The van der Waals surface area contributed by atoms with Crippen molar-refractivity contribution in [2.24, 2.45) is 7.05 Å². The number of aromatic nitrogens is 2. The number of anilines is 1. The lowest BCUT2D eigenvalue weighted by Gasteiger charge is -2.15. The molecule has 2 aromatic rings. The molecule has 0 radical (unpaired) electrons. The molecule has 0 bridgehead atoms. The molecule has 0 amide bonds. The number of hydrogen-bond acceptors (Lipinski definition) is 5. The summed E-state index contributed by atoms with van der Waals surface area (Å²) >= 11 is 4.86. The summed E-state index contributed by atoms with van der Waals surface area (Å²) in [6.45, 7) is 0.290. The molecule has 0 aliphatic carbocycles. The molecule has 19 heavy (non-hydrogen) atoms. The first-order valence-corrected chi connectivity index (χ1v) is 8.40. The van der Waals surface area contributed by atoms with E-state index in [1.54, 1.807) is 7.05 Å². The van der Waals surface area contributed by atoms with Crippen molar-refractivity contribution in [3.8, 4) is 0 Å². The van der Waals surface area contributed by atoms with Crippen molar-refractivity contribution in [3.05, 3.63) is 27.0 Å². The highest BCUT2D eigenvalue weighted by atomic mass is 79.9. The molecule has 2 N–H and O–H groups in total. The van der Waals surface area contributed by atoms with Gasteiger partial charge in [0, 0.05) is 26.8 Å². The minimum Gasteiger partial charge on any atom is -0.381 e. The summed E-state index contributed by atoms with van der Waals surface area (Å²) < 4.78 is 28.3. The van der Waals surface area contributed by atoms with Crippen LogP contribution in [-0.4, -0.2) is 29.6 Å². The van der Waals surface area contributed by atoms with Crippen molar-refractivity contribution < 1.29 is 8.42 Å². The zero-order valence-corrected chi connectivity index (χ0v) is 13.6. The Labute approximate surface area is 124 Å². The Morgan fingerprint density at radius 3 is 2.74 bits per heavy atom. The first kappa shape index (κ1) is 14.5. The largest absolute Gasteiger partial charge is 0.381 e. The van der Waals surface area contributed by atoms with Gasteiger partial charge in [-0.05, 0) is 32.9 Å². The fourth-order valence-electron chi connectivity index (χ4n) is 1.62. The van der Waals surface area contributed by atoms with Gasteiger partial charge >= 0.3 is 0 Å². The molecule has 0 aromatic carbocycles. The third kappa shape index (κ3) is 2.99. The second kappa shape index (κ2) is 5.23. The molecule has 2 heterocycles. The first-order valence-electron chi connectivity index (χ1n) is 5.29. The smallest absolute Gasteiger partial charge is 0.248 e. The van der Waals surface area contributed by atoms with Gasteiger partial charge in [0.05, 0.1) is 3.79 Å². The molecule has 6 nitrogen and oxygen atoms in total. The van der Waals surface area contributed by atoms with Crippen LogP contribution in [-0.2, 0) is 23.6 Å². The number of halogens is 1. The number of nitrogen functional groups attached to an aromatic ring is 1. The van der Waals surface area contributed by atoms with Gasteiger partial charge in [0.1, 0.15) is 4.90 Å². The van der Waals surface area contributed by atoms with Gasteiger partial charge in [-0.2, -0.15) is 9.40 Å².